The van der Waals surface area contributed by atoms with Crippen LogP contribution < -0.4 is 21.3 Å². The van der Waals surface area contributed by atoms with Gasteiger partial charge in [-0.1, -0.05) is 37.3 Å². The van der Waals surface area contributed by atoms with Crippen LogP contribution in [0, 0.1) is 5.92 Å². The molecule has 2 unspecified atom stereocenters. The number of nitrogens with zero attached hydrogens (tertiary/aromatic N) is 2. The minimum absolute atomic E-state index is 0.0744. The lowest BCUT2D eigenvalue weighted by molar-refractivity contribution is 0.0816. The summed E-state index contributed by atoms with van der Waals surface area (Å²) in [7, 11) is 0. The number of anilines is 1. The number of nitrogens with two attached hydrogens (primary N) is 1. The molecule has 7 nitrogen and oxygen atoms in total. The summed E-state index contributed by atoms with van der Waals surface area (Å²) in [4.78, 5) is 28.6. The molecule has 0 radical (unpaired) electrons. The van der Waals surface area contributed by atoms with E-state index >= 15 is 0 Å². The standard InChI is InChI=1S/C28H35N5O2/c1-19(24-18-30-12-13-31-24)28(35)33-25-11-10-21(26(29)34)17-22(25)23(16-20-8-4-2-5-9-20)27(33)32-14-6-3-7-15-32/h2,4-5,8-11,17,19,24,30-31H,3,6-7,12-16,18H2,1H3,(H2,29,34). The summed E-state index contributed by atoms with van der Waals surface area (Å²) in [5, 5.41) is 7.86. The Labute approximate surface area is 206 Å². The number of aromatic nitrogens is 1. The molecule has 3 heterocycles. The van der Waals surface area contributed by atoms with E-state index in [0.29, 0.717) is 12.0 Å². The number of piperidine rings is 1. The second-order valence-corrected chi connectivity index (χ2v) is 9.84. The predicted octanol–water partition coefficient (Wildman–Crippen LogP) is 3.16. The average Bonchev–Trinajstić information content (AvgIpc) is 3.22. The molecule has 4 N–H and O–H groups in total. The number of fused-ring (bicyclic) bond motifs is 1. The lowest BCUT2D eigenvalue weighted by Crippen LogP contribution is -2.53. The van der Waals surface area contributed by atoms with Crippen LogP contribution in [0.25, 0.3) is 10.9 Å². The summed E-state index contributed by atoms with van der Waals surface area (Å²) in [6.45, 7) is 6.41. The van der Waals surface area contributed by atoms with Crippen molar-refractivity contribution >= 4 is 28.5 Å². The molecule has 0 bridgehead atoms. The van der Waals surface area contributed by atoms with E-state index in [-0.39, 0.29) is 17.9 Å². The van der Waals surface area contributed by atoms with Gasteiger partial charge in [-0.15, -0.1) is 0 Å². The zero-order chi connectivity index (χ0) is 24.4. The van der Waals surface area contributed by atoms with Crippen LogP contribution in [0.5, 0.6) is 0 Å². The minimum atomic E-state index is -0.456. The van der Waals surface area contributed by atoms with E-state index in [9.17, 15) is 9.59 Å². The van der Waals surface area contributed by atoms with Gasteiger partial charge in [0.25, 0.3) is 0 Å². The van der Waals surface area contributed by atoms with E-state index in [1.54, 1.807) is 6.07 Å². The Kier molecular flexibility index (Phi) is 6.88. The Morgan fingerprint density at radius 3 is 2.51 bits per heavy atom. The van der Waals surface area contributed by atoms with Crippen molar-refractivity contribution in [1.82, 2.24) is 15.2 Å². The number of benzene rings is 2. The maximum Gasteiger partial charge on any atom is 0.248 e. The molecule has 2 fully saturated rings. The Bertz CT molecular complexity index is 1210. The zero-order valence-electron chi connectivity index (χ0n) is 20.4. The van der Waals surface area contributed by atoms with Gasteiger partial charge < -0.3 is 21.3 Å². The van der Waals surface area contributed by atoms with Crippen molar-refractivity contribution in [2.24, 2.45) is 11.7 Å². The van der Waals surface area contributed by atoms with Crippen molar-refractivity contribution in [1.29, 1.82) is 0 Å². The number of primary amides is 1. The van der Waals surface area contributed by atoms with Crippen molar-refractivity contribution in [3.8, 4) is 0 Å². The fourth-order valence-electron chi connectivity index (χ4n) is 5.54. The molecule has 2 atom stereocenters. The molecule has 2 aromatic carbocycles. The second-order valence-electron chi connectivity index (χ2n) is 9.84. The highest BCUT2D eigenvalue weighted by molar-refractivity contribution is 6.04. The number of carbonyl (C=O) groups excluding carboxylic acids is 2. The zero-order valence-corrected chi connectivity index (χ0v) is 20.4. The van der Waals surface area contributed by atoms with Gasteiger partial charge in [0, 0.05) is 61.7 Å². The lowest BCUT2D eigenvalue weighted by atomic mass is 9.99. The maximum absolute atomic E-state index is 14.2. The number of piperazine rings is 1. The van der Waals surface area contributed by atoms with Gasteiger partial charge in [0.15, 0.2) is 0 Å². The molecule has 7 heteroatoms. The number of hydrogen-bond acceptors (Lipinski definition) is 5. The van der Waals surface area contributed by atoms with Crippen LogP contribution in [0.2, 0.25) is 0 Å². The first-order valence-electron chi connectivity index (χ1n) is 12.8. The Morgan fingerprint density at radius 2 is 1.83 bits per heavy atom. The van der Waals surface area contributed by atoms with Crippen LogP contribution >= 0.6 is 0 Å². The van der Waals surface area contributed by atoms with Gasteiger partial charge in [0.05, 0.1) is 11.4 Å². The van der Waals surface area contributed by atoms with Gasteiger partial charge in [0.1, 0.15) is 5.82 Å². The van der Waals surface area contributed by atoms with E-state index in [2.05, 4.69) is 27.7 Å². The third kappa shape index (κ3) is 4.70. The number of nitrogens with one attached hydrogen (secondary N) is 2. The van der Waals surface area contributed by atoms with Crippen molar-refractivity contribution in [3.05, 3.63) is 65.2 Å². The predicted molar refractivity (Wildman–Crippen MR) is 140 cm³/mol. The van der Waals surface area contributed by atoms with E-state index in [0.717, 1.165) is 67.8 Å². The van der Waals surface area contributed by atoms with Crippen LogP contribution in [0.15, 0.2) is 48.5 Å². The molecule has 1 amide bonds. The largest absolute Gasteiger partial charge is 0.366 e. The quantitative estimate of drug-likeness (QED) is 0.512. The van der Waals surface area contributed by atoms with Gasteiger partial charge in [-0.05, 0) is 43.0 Å². The van der Waals surface area contributed by atoms with Gasteiger partial charge in [-0.2, -0.15) is 0 Å². The fourth-order valence-corrected chi connectivity index (χ4v) is 5.54. The number of carbonyl (C=O) groups is 2. The monoisotopic (exact) mass is 473 g/mol. The first-order valence-corrected chi connectivity index (χ1v) is 12.8. The third-order valence-electron chi connectivity index (χ3n) is 7.49. The maximum atomic E-state index is 14.2. The Balaban J connectivity index is 1.70. The summed E-state index contributed by atoms with van der Waals surface area (Å²) in [6, 6.07) is 15.9. The van der Waals surface area contributed by atoms with E-state index < -0.39 is 5.91 Å². The fraction of sp³-hybridized carbons (Fsp3) is 0.429. The molecule has 184 valence electrons. The first kappa shape index (κ1) is 23.6. The molecule has 35 heavy (non-hydrogen) atoms. The normalized spacial score (nSPS) is 19.6. The Hall–Kier alpha value is -3.16. The SMILES string of the molecule is CC(C(=O)n1c(N2CCCCC2)c(Cc2ccccc2)c2cc(C(N)=O)ccc21)C1CNCCN1. The van der Waals surface area contributed by atoms with Crippen molar-refractivity contribution in [2.45, 2.75) is 38.6 Å². The second kappa shape index (κ2) is 10.2. The highest BCUT2D eigenvalue weighted by Crippen LogP contribution is 2.37. The van der Waals surface area contributed by atoms with Gasteiger partial charge in [-0.3, -0.25) is 14.2 Å². The van der Waals surface area contributed by atoms with Crippen LogP contribution in [-0.4, -0.2) is 55.1 Å². The summed E-state index contributed by atoms with van der Waals surface area (Å²) in [5.74, 6) is 0.401. The lowest BCUT2D eigenvalue weighted by Gasteiger charge is -2.33. The topological polar surface area (TPSA) is 92.4 Å². The summed E-state index contributed by atoms with van der Waals surface area (Å²) in [5.41, 5.74) is 9.24. The summed E-state index contributed by atoms with van der Waals surface area (Å²) < 4.78 is 1.94. The van der Waals surface area contributed by atoms with E-state index in [1.165, 1.54) is 12.0 Å². The molecular weight excluding hydrogens is 438 g/mol. The number of hydrogen-bond donors (Lipinski definition) is 3. The van der Waals surface area contributed by atoms with Crippen LogP contribution in [0.4, 0.5) is 5.82 Å². The molecule has 1 aromatic heterocycles. The summed E-state index contributed by atoms with van der Waals surface area (Å²) >= 11 is 0. The average molecular weight is 474 g/mol. The van der Waals surface area contributed by atoms with E-state index in [1.807, 2.05) is 41.8 Å². The molecule has 2 aliphatic rings. The minimum Gasteiger partial charge on any atom is -0.366 e. The van der Waals surface area contributed by atoms with Gasteiger partial charge in [0.2, 0.25) is 11.8 Å². The van der Waals surface area contributed by atoms with Crippen LogP contribution in [-0.2, 0) is 6.42 Å². The van der Waals surface area contributed by atoms with Crippen LogP contribution in [0.1, 0.15) is 52.5 Å². The highest BCUT2D eigenvalue weighted by Gasteiger charge is 2.32. The molecule has 0 saturated carbocycles. The van der Waals surface area contributed by atoms with E-state index in [4.69, 9.17) is 5.73 Å². The van der Waals surface area contributed by atoms with Gasteiger partial charge in [-0.25, -0.2) is 0 Å². The molecular formula is C28H35N5O2. The summed E-state index contributed by atoms with van der Waals surface area (Å²) in [6.07, 6.45) is 4.11. The molecule has 2 saturated heterocycles. The Morgan fingerprint density at radius 1 is 1.06 bits per heavy atom. The number of amides is 1. The smallest absolute Gasteiger partial charge is 0.248 e. The third-order valence-corrected chi connectivity index (χ3v) is 7.49. The molecule has 5 rings (SSSR count). The molecule has 2 aliphatic heterocycles. The molecule has 3 aromatic rings. The number of rotatable bonds is 6. The van der Waals surface area contributed by atoms with Crippen molar-refractivity contribution < 1.29 is 9.59 Å². The van der Waals surface area contributed by atoms with Crippen molar-refractivity contribution in [2.75, 3.05) is 37.6 Å². The molecule has 0 aliphatic carbocycles. The van der Waals surface area contributed by atoms with Crippen molar-refractivity contribution in [3.63, 3.8) is 0 Å². The first-order chi connectivity index (χ1) is 17.0. The molecule has 0 spiro atoms. The van der Waals surface area contributed by atoms with Gasteiger partial charge >= 0.3 is 0 Å². The van der Waals surface area contributed by atoms with Crippen LogP contribution in [0.3, 0.4) is 0 Å². The highest BCUT2D eigenvalue weighted by atomic mass is 16.2.